The van der Waals surface area contributed by atoms with Gasteiger partial charge in [0.25, 0.3) is 11.8 Å². The summed E-state index contributed by atoms with van der Waals surface area (Å²) in [5.74, 6) is -1.09. The summed E-state index contributed by atoms with van der Waals surface area (Å²) in [6.45, 7) is 0. The van der Waals surface area contributed by atoms with Gasteiger partial charge in [-0.05, 0) is 5.56 Å². The van der Waals surface area contributed by atoms with Crippen LogP contribution in [-0.4, -0.2) is 11.8 Å². The van der Waals surface area contributed by atoms with E-state index < -0.39 is 16.7 Å². The van der Waals surface area contributed by atoms with Gasteiger partial charge in [0.1, 0.15) is 0 Å². The Bertz CT molecular complexity index is 375. The van der Waals surface area contributed by atoms with Gasteiger partial charge < -0.3 is 0 Å². The number of benzene rings is 1. The lowest BCUT2D eigenvalue weighted by Gasteiger charge is -2.14. The summed E-state index contributed by atoms with van der Waals surface area (Å²) < 4.78 is 0. The van der Waals surface area contributed by atoms with Gasteiger partial charge in [-0.1, -0.05) is 41.9 Å². The fraction of sp³-hybridized carbons (Fsp3) is 0.111. The second-order valence-electron chi connectivity index (χ2n) is 2.93. The Morgan fingerprint density at radius 1 is 1.00 bits per heavy atom. The molecule has 1 saturated heterocycles. The maximum Gasteiger partial charge on any atom is 0.273 e. The minimum Gasteiger partial charge on any atom is -0.270 e. The monoisotopic (exact) mass is 210 g/mol. The Morgan fingerprint density at radius 2 is 1.50 bits per heavy atom. The number of hydrazine groups is 1. The molecule has 14 heavy (non-hydrogen) atoms. The van der Waals surface area contributed by atoms with E-state index in [0.29, 0.717) is 5.56 Å². The van der Waals surface area contributed by atoms with Gasteiger partial charge in [0, 0.05) is 0 Å². The molecular formula is C9H7ClN2O2. The van der Waals surface area contributed by atoms with Crippen molar-refractivity contribution in [2.45, 2.75) is 4.87 Å². The number of halogens is 1. The first-order valence-electron chi connectivity index (χ1n) is 4.01. The first-order chi connectivity index (χ1) is 6.65. The van der Waals surface area contributed by atoms with Crippen LogP contribution in [0.15, 0.2) is 30.3 Å². The molecule has 5 heteroatoms. The van der Waals surface area contributed by atoms with Crippen molar-refractivity contribution in [2.75, 3.05) is 0 Å². The molecule has 2 N–H and O–H groups in total. The van der Waals surface area contributed by atoms with Crippen molar-refractivity contribution < 1.29 is 9.59 Å². The summed E-state index contributed by atoms with van der Waals surface area (Å²) in [5, 5.41) is 0. The van der Waals surface area contributed by atoms with Crippen LogP contribution in [0.25, 0.3) is 0 Å². The van der Waals surface area contributed by atoms with E-state index in [-0.39, 0.29) is 0 Å². The van der Waals surface area contributed by atoms with Crippen molar-refractivity contribution in [3.63, 3.8) is 0 Å². The number of hydrogen-bond donors (Lipinski definition) is 2. The molecule has 2 rings (SSSR count). The van der Waals surface area contributed by atoms with Crippen LogP contribution >= 0.6 is 11.6 Å². The van der Waals surface area contributed by atoms with E-state index in [0.717, 1.165) is 0 Å². The molecule has 1 heterocycles. The average molecular weight is 211 g/mol. The maximum atomic E-state index is 11.4. The van der Waals surface area contributed by atoms with Crippen molar-refractivity contribution >= 4 is 23.4 Å². The lowest BCUT2D eigenvalue weighted by Crippen LogP contribution is -2.34. The van der Waals surface area contributed by atoms with E-state index in [2.05, 4.69) is 10.9 Å². The molecule has 1 aliphatic heterocycles. The van der Waals surface area contributed by atoms with Gasteiger partial charge >= 0.3 is 0 Å². The normalized spacial score (nSPS) is 18.9. The highest BCUT2D eigenvalue weighted by Crippen LogP contribution is 2.31. The fourth-order valence-corrected chi connectivity index (χ4v) is 1.54. The fourth-order valence-electron chi connectivity index (χ4n) is 1.32. The van der Waals surface area contributed by atoms with Crippen LogP contribution < -0.4 is 10.9 Å². The van der Waals surface area contributed by atoms with Crippen molar-refractivity contribution in [3.05, 3.63) is 35.9 Å². The molecule has 1 aromatic rings. The Labute approximate surface area is 85.2 Å². The first-order valence-corrected chi connectivity index (χ1v) is 4.39. The number of nitrogens with one attached hydrogen (secondary N) is 2. The van der Waals surface area contributed by atoms with Crippen LogP contribution in [-0.2, 0) is 14.5 Å². The average Bonchev–Trinajstić information content (AvgIpc) is 2.49. The molecule has 4 nitrogen and oxygen atoms in total. The minimum atomic E-state index is -1.62. The smallest absolute Gasteiger partial charge is 0.270 e. The van der Waals surface area contributed by atoms with Crippen LogP contribution in [0.3, 0.4) is 0 Å². The van der Waals surface area contributed by atoms with Crippen molar-refractivity contribution in [3.8, 4) is 0 Å². The summed E-state index contributed by atoms with van der Waals surface area (Å²) in [6, 6.07) is 8.50. The van der Waals surface area contributed by atoms with E-state index in [4.69, 9.17) is 11.6 Å². The highest BCUT2D eigenvalue weighted by Gasteiger charge is 2.50. The Morgan fingerprint density at radius 3 is 2.00 bits per heavy atom. The Balaban J connectivity index is 2.51. The number of amides is 2. The highest BCUT2D eigenvalue weighted by atomic mass is 35.5. The van der Waals surface area contributed by atoms with E-state index in [1.165, 1.54) is 0 Å². The van der Waals surface area contributed by atoms with Crippen LogP contribution in [0.2, 0.25) is 0 Å². The lowest BCUT2D eigenvalue weighted by atomic mass is 9.98. The predicted molar refractivity (Wildman–Crippen MR) is 50.3 cm³/mol. The molecule has 1 fully saturated rings. The molecule has 0 saturated carbocycles. The zero-order chi connectivity index (χ0) is 10.2. The number of carbonyl (C=O) groups excluding carboxylic acids is 2. The number of rotatable bonds is 1. The lowest BCUT2D eigenvalue weighted by molar-refractivity contribution is -0.126. The van der Waals surface area contributed by atoms with Crippen molar-refractivity contribution in [1.82, 2.24) is 10.9 Å². The number of carbonyl (C=O) groups is 2. The Kier molecular flexibility index (Phi) is 1.93. The third-order valence-electron chi connectivity index (χ3n) is 2.09. The van der Waals surface area contributed by atoms with Gasteiger partial charge in [-0.25, -0.2) is 0 Å². The number of hydrogen-bond acceptors (Lipinski definition) is 2. The third-order valence-corrected chi connectivity index (χ3v) is 2.65. The van der Waals surface area contributed by atoms with Gasteiger partial charge in [0.15, 0.2) is 0 Å². The van der Waals surface area contributed by atoms with E-state index in [1.807, 2.05) is 0 Å². The molecule has 0 aromatic heterocycles. The number of alkyl halides is 1. The SMILES string of the molecule is O=C1NNC(=O)C1(Cl)c1ccccc1. The standard InChI is InChI=1S/C9H7ClN2O2/c10-9(6-4-2-1-3-5-6)7(13)11-12-8(9)14/h1-5H,(H,11,13)(H,12,14). The summed E-state index contributed by atoms with van der Waals surface area (Å²) in [5.41, 5.74) is 4.84. The zero-order valence-corrected chi connectivity index (χ0v) is 7.84. The van der Waals surface area contributed by atoms with Gasteiger partial charge in [-0.15, -0.1) is 0 Å². The van der Waals surface area contributed by atoms with E-state index >= 15 is 0 Å². The zero-order valence-electron chi connectivity index (χ0n) is 7.08. The summed E-state index contributed by atoms with van der Waals surface area (Å²) >= 11 is 5.97. The maximum absolute atomic E-state index is 11.4. The molecule has 0 radical (unpaired) electrons. The van der Waals surface area contributed by atoms with Gasteiger partial charge in [-0.3, -0.25) is 20.4 Å². The molecule has 1 aliphatic rings. The highest BCUT2D eigenvalue weighted by molar-refractivity contribution is 6.47. The first kappa shape index (κ1) is 9.02. The second kappa shape index (κ2) is 2.99. The molecule has 0 aliphatic carbocycles. The van der Waals surface area contributed by atoms with Crippen molar-refractivity contribution in [2.24, 2.45) is 0 Å². The molecule has 2 amide bonds. The summed E-state index contributed by atoms with van der Waals surface area (Å²) in [7, 11) is 0. The topological polar surface area (TPSA) is 58.2 Å². The van der Waals surface area contributed by atoms with E-state index in [9.17, 15) is 9.59 Å². The van der Waals surface area contributed by atoms with Gasteiger partial charge in [0.05, 0.1) is 0 Å². The summed E-state index contributed by atoms with van der Waals surface area (Å²) in [4.78, 5) is 21.1. The van der Waals surface area contributed by atoms with Gasteiger partial charge in [0.2, 0.25) is 4.87 Å². The minimum absolute atomic E-state index is 0.467. The molecule has 0 atom stereocenters. The van der Waals surface area contributed by atoms with Crippen molar-refractivity contribution in [1.29, 1.82) is 0 Å². The van der Waals surface area contributed by atoms with Gasteiger partial charge in [-0.2, -0.15) is 0 Å². The molecule has 0 bridgehead atoms. The third kappa shape index (κ3) is 1.08. The van der Waals surface area contributed by atoms with Crippen LogP contribution in [0.4, 0.5) is 0 Å². The van der Waals surface area contributed by atoms with Crippen LogP contribution in [0, 0.1) is 0 Å². The van der Waals surface area contributed by atoms with E-state index in [1.54, 1.807) is 30.3 Å². The molecule has 1 aromatic carbocycles. The van der Waals surface area contributed by atoms with Crippen LogP contribution in [0.1, 0.15) is 5.56 Å². The molecular weight excluding hydrogens is 204 g/mol. The second-order valence-corrected chi connectivity index (χ2v) is 3.50. The quantitative estimate of drug-likeness (QED) is 0.517. The molecule has 72 valence electrons. The molecule has 0 unspecified atom stereocenters. The van der Waals surface area contributed by atoms with Crippen LogP contribution in [0.5, 0.6) is 0 Å². The molecule has 0 spiro atoms. The largest absolute Gasteiger partial charge is 0.273 e. The Hall–Kier alpha value is -1.55. The predicted octanol–water partition coefficient (Wildman–Crippen LogP) is 0.282. The summed E-state index contributed by atoms with van der Waals surface area (Å²) in [6.07, 6.45) is 0.